The summed E-state index contributed by atoms with van der Waals surface area (Å²) in [4.78, 5) is 22.2. The average Bonchev–Trinajstić information content (AvgIpc) is 3.37. The van der Waals surface area contributed by atoms with Crippen molar-refractivity contribution in [3.63, 3.8) is 0 Å². The molecule has 1 saturated heterocycles. The number of hydrogen-bond donors (Lipinski definition) is 1. The van der Waals surface area contributed by atoms with Crippen LogP contribution in [0.2, 0.25) is 0 Å². The topological polar surface area (TPSA) is 76.2 Å². The summed E-state index contributed by atoms with van der Waals surface area (Å²) in [6.45, 7) is 7.88. The zero-order valence-electron chi connectivity index (χ0n) is 21.4. The van der Waals surface area contributed by atoms with E-state index in [1.54, 1.807) is 25.6 Å². The third-order valence-corrected chi connectivity index (χ3v) is 7.50. The number of rotatable bonds is 12. The number of fused-ring (bicyclic) bond motifs is 1. The van der Waals surface area contributed by atoms with E-state index in [0.29, 0.717) is 18.7 Å². The smallest absolute Gasteiger partial charge is 0.251 e. The van der Waals surface area contributed by atoms with Gasteiger partial charge in [-0.25, -0.2) is 4.98 Å². The van der Waals surface area contributed by atoms with E-state index in [1.807, 2.05) is 36.4 Å². The van der Waals surface area contributed by atoms with Crippen LogP contribution in [0.15, 0.2) is 36.4 Å². The highest BCUT2D eigenvalue weighted by molar-refractivity contribution is 7.22. The third-order valence-electron chi connectivity index (χ3n) is 6.37. The highest BCUT2D eigenvalue weighted by Gasteiger charge is 2.22. The molecule has 4 rings (SSSR count). The molecule has 194 valence electrons. The first-order chi connectivity index (χ1) is 17.6. The van der Waals surface area contributed by atoms with Gasteiger partial charge < -0.3 is 24.4 Å². The molecular weight excluding hydrogens is 476 g/mol. The van der Waals surface area contributed by atoms with E-state index >= 15 is 0 Å². The van der Waals surface area contributed by atoms with E-state index in [1.165, 1.54) is 0 Å². The first-order valence-electron chi connectivity index (χ1n) is 12.6. The number of amides is 1. The molecule has 1 amide bonds. The van der Waals surface area contributed by atoms with Gasteiger partial charge in [0, 0.05) is 44.8 Å². The number of nitrogens with one attached hydrogen (secondary N) is 1. The van der Waals surface area contributed by atoms with Crippen molar-refractivity contribution in [2.75, 3.05) is 65.0 Å². The first kappa shape index (κ1) is 26.0. The minimum atomic E-state index is -0.0648. The number of unbranched alkanes of at least 4 members (excludes halogenated alkanes) is 2. The van der Waals surface area contributed by atoms with Crippen LogP contribution in [0.4, 0.5) is 5.13 Å². The van der Waals surface area contributed by atoms with E-state index in [-0.39, 0.29) is 5.91 Å². The molecule has 0 saturated carbocycles. The number of nitrogens with zero attached hydrogens (tertiary/aromatic N) is 3. The van der Waals surface area contributed by atoms with Gasteiger partial charge in [-0.1, -0.05) is 37.2 Å². The second-order valence-electron chi connectivity index (χ2n) is 8.81. The molecule has 8 nitrogen and oxygen atoms in total. The predicted octanol–water partition coefficient (Wildman–Crippen LogP) is 4.43. The third kappa shape index (κ3) is 6.39. The van der Waals surface area contributed by atoms with Gasteiger partial charge in [-0.15, -0.1) is 0 Å². The number of ether oxygens (including phenoxy) is 3. The lowest BCUT2D eigenvalue weighted by atomic mass is 10.2. The zero-order valence-corrected chi connectivity index (χ0v) is 22.2. The van der Waals surface area contributed by atoms with E-state index in [0.717, 1.165) is 84.6 Å². The lowest BCUT2D eigenvalue weighted by molar-refractivity contribution is 0.0947. The second-order valence-corrected chi connectivity index (χ2v) is 9.79. The Hall–Kier alpha value is -3.04. The minimum Gasteiger partial charge on any atom is -0.495 e. The number of benzene rings is 2. The van der Waals surface area contributed by atoms with E-state index < -0.39 is 0 Å². The van der Waals surface area contributed by atoms with Gasteiger partial charge in [0.05, 0.1) is 20.8 Å². The van der Waals surface area contributed by atoms with Gasteiger partial charge in [-0.2, -0.15) is 0 Å². The molecule has 1 aromatic heterocycles. The molecule has 0 spiro atoms. The molecular formula is C27H36N4O4S. The number of methoxy groups -OCH3 is 2. The van der Waals surface area contributed by atoms with Crippen LogP contribution in [0.1, 0.15) is 36.5 Å². The maximum Gasteiger partial charge on any atom is 0.251 e. The van der Waals surface area contributed by atoms with Gasteiger partial charge in [0.1, 0.15) is 27.5 Å². The second kappa shape index (κ2) is 12.8. The van der Waals surface area contributed by atoms with Crippen LogP contribution in [0.5, 0.6) is 17.2 Å². The highest BCUT2D eigenvalue weighted by atomic mass is 32.1. The van der Waals surface area contributed by atoms with Crippen LogP contribution < -0.4 is 24.4 Å². The molecule has 1 N–H and O–H groups in total. The average molecular weight is 513 g/mol. The van der Waals surface area contributed by atoms with Gasteiger partial charge in [-0.3, -0.25) is 9.69 Å². The van der Waals surface area contributed by atoms with Gasteiger partial charge in [0.15, 0.2) is 5.13 Å². The Morgan fingerprint density at radius 1 is 1.06 bits per heavy atom. The number of carbonyl (C=O) groups is 1. The molecule has 36 heavy (non-hydrogen) atoms. The summed E-state index contributed by atoms with van der Waals surface area (Å²) in [6, 6.07) is 11.2. The van der Waals surface area contributed by atoms with E-state index in [9.17, 15) is 4.79 Å². The van der Waals surface area contributed by atoms with Crippen molar-refractivity contribution < 1.29 is 19.0 Å². The summed E-state index contributed by atoms with van der Waals surface area (Å²) >= 11 is 1.64. The number of thiazole rings is 1. The van der Waals surface area contributed by atoms with Crippen molar-refractivity contribution in [2.24, 2.45) is 0 Å². The molecule has 0 radical (unpaired) electrons. The molecule has 0 aliphatic carbocycles. The Balaban J connectivity index is 1.24. The lowest BCUT2D eigenvalue weighted by Crippen LogP contribution is -2.48. The van der Waals surface area contributed by atoms with Crippen LogP contribution in [-0.2, 0) is 0 Å². The van der Waals surface area contributed by atoms with Crippen molar-refractivity contribution in [2.45, 2.75) is 26.2 Å². The van der Waals surface area contributed by atoms with Crippen LogP contribution in [-0.4, -0.2) is 75.9 Å². The number of anilines is 1. The normalized spacial score (nSPS) is 14.1. The Morgan fingerprint density at radius 2 is 1.83 bits per heavy atom. The fraction of sp³-hybridized carbons (Fsp3) is 0.481. The van der Waals surface area contributed by atoms with E-state index in [2.05, 4.69) is 22.0 Å². The van der Waals surface area contributed by atoms with Crippen molar-refractivity contribution in [3.8, 4) is 17.2 Å². The Kier molecular flexibility index (Phi) is 9.24. The highest BCUT2D eigenvalue weighted by Crippen LogP contribution is 2.40. The Labute approximate surface area is 217 Å². The molecule has 2 aromatic carbocycles. The first-order valence-corrected chi connectivity index (χ1v) is 13.4. The molecule has 0 atom stereocenters. The van der Waals surface area contributed by atoms with Gasteiger partial charge in [-0.05, 0) is 36.8 Å². The number of hydrogen-bond acceptors (Lipinski definition) is 8. The minimum absolute atomic E-state index is 0.0648. The SMILES string of the molecule is CCCCCOc1cccc(C(=O)NCCN2CCN(c3nc4c(OC)ccc(OC)c4s3)CC2)c1. The van der Waals surface area contributed by atoms with Crippen LogP contribution >= 0.6 is 11.3 Å². The molecule has 0 bridgehead atoms. The van der Waals surface area contributed by atoms with Crippen molar-refractivity contribution >= 4 is 32.6 Å². The summed E-state index contributed by atoms with van der Waals surface area (Å²) in [5.41, 5.74) is 1.48. The Morgan fingerprint density at radius 3 is 2.58 bits per heavy atom. The Bertz CT molecular complexity index is 1100. The molecule has 1 fully saturated rings. The number of aromatic nitrogens is 1. The molecule has 1 aliphatic heterocycles. The van der Waals surface area contributed by atoms with Crippen LogP contribution in [0.25, 0.3) is 10.2 Å². The fourth-order valence-electron chi connectivity index (χ4n) is 4.27. The maximum absolute atomic E-state index is 12.6. The monoisotopic (exact) mass is 512 g/mol. The van der Waals surface area contributed by atoms with E-state index in [4.69, 9.17) is 19.2 Å². The summed E-state index contributed by atoms with van der Waals surface area (Å²) in [7, 11) is 3.34. The molecule has 9 heteroatoms. The lowest BCUT2D eigenvalue weighted by Gasteiger charge is -2.34. The zero-order chi connectivity index (χ0) is 25.3. The quantitative estimate of drug-likeness (QED) is 0.360. The largest absolute Gasteiger partial charge is 0.495 e. The number of carbonyl (C=O) groups excluding carboxylic acids is 1. The van der Waals surface area contributed by atoms with Gasteiger partial charge in [0.2, 0.25) is 0 Å². The molecule has 1 aliphatic rings. The summed E-state index contributed by atoms with van der Waals surface area (Å²) in [5.74, 6) is 2.26. The van der Waals surface area contributed by atoms with Gasteiger partial charge in [0.25, 0.3) is 5.91 Å². The predicted molar refractivity (Wildman–Crippen MR) is 145 cm³/mol. The van der Waals surface area contributed by atoms with Gasteiger partial charge >= 0.3 is 0 Å². The number of piperazine rings is 1. The van der Waals surface area contributed by atoms with Crippen LogP contribution in [0.3, 0.4) is 0 Å². The van der Waals surface area contributed by atoms with Crippen molar-refractivity contribution in [1.29, 1.82) is 0 Å². The summed E-state index contributed by atoms with van der Waals surface area (Å²) in [5, 5.41) is 4.03. The fourth-order valence-corrected chi connectivity index (χ4v) is 5.40. The maximum atomic E-state index is 12.6. The molecule has 2 heterocycles. The van der Waals surface area contributed by atoms with Crippen molar-refractivity contribution in [1.82, 2.24) is 15.2 Å². The molecule has 0 unspecified atom stereocenters. The molecule has 3 aromatic rings. The van der Waals surface area contributed by atoms with Crippen LogP contribution in [0, 0.1) is 0 Å². The van der Waals surface area contributed by atoms with Crippen molar-refractivity contribution in [3.05, 3.63) is 42.0 Å². The summed E-state index contributed by atoms with van der Waals surface area (Å²) < 4.78 is 17.8. The standard InChI is InChI=1S/C27H36N4O4S/c1-4-5-6-18-35-21-9-7-8-20(19-21)26(32)28-12-13-30-14-16-31(17-15-30)27-29-24-22(33-2)10-11-23(34-3)25(24)36-27/h7-11,19H,4-6,12-18H2,1-3H3,(H,28,32). The summed E-state index contributed by atoms with van der Waals surface area (Å²) in [6.07, 6.45) is 3.34.